The second-order valence-corrected chi connectivity index (χ2v) is 9.28. The molecular weight excluding hydrogens is 374 g/mol. The van der Waals surface area contributed by atoms with E-state index >= 15 is 0 Å². The van der Waals surface area contributed by atoms with Gasteiger partial charge in [0.05, 0.1) is 23.4 Å². The number of aromatic nitrogens is 3. The summed E-state index contributed by atoms with van der Waals surface area (Å²) in [4.78, 5) is 8.53. The third-order valence-corrected chi connectivity index (χ3v) is 7.37. The zero-order valence-corrected chi connectivity index (χ0v) is 16.6. The van der Waals surface area contributed by atoms with Gasteiger partial charge < -0.3 is 0 Å². The molecule has 7 nitrogen and oxygen atoms in total. The molecule has 0 amide bonds. The minimum absolute atomic E-state index is 0.331. The molecule has 0 spiro atoms. The molecule has 3 aromatic heterocycles. The summed E-state index contributed by atoms with van der Waals surface area (Å²) < 4.78 is 28.5. The lowest BCUT2D eigenvalue weighted by molar-refractivity contribution is 0.435. The Bertz CT molecular complexity index is 1090. The smallest absolute Gasteiger partial charge is 0.252 e. The fourth-order valence-corrected chi connectivity index (χ4v) is 5.12. The van der Waals surface area contributed by atoms with Crippen LogP contribution in [0.25, 0.3) is 16.8 Å². The molecule has 1 saturated carbocycles. The Morgan fingerprint density at radius 2 is 1.96 bits per heavy atom. The summed E-state index contributed by atoms with van der Waals surface area (Å²) in [6, 6.07) is 7.78. The number of hydrogen-bond acceptors (Lipinski definition) is 5. The summed E-state index contributed by atoms with van der Waals surface area (Å²) >= 11 is 0. The van der Waals surface area contributed by atoms with Gasteiger partial charge in [-0.1, -0.05) is 25.3 Å². The number of pyridine rings is 2. The molecule has 0 aliphatic heterocycles. The number of nitrogens with zero attached hydrogens (tertiary/aromatic N) is 5. The minimum Gasteiger partial charge on any atom is -0.298 e. The molecule has 8 heteroatoms. The molecule has 4 rings (SSSR count). The van der Waals surface area contributed by atoms with E-state index in [-0.39, 0.29) is 5.25 Å². The fourth-order valence-electron chi connectivity index (χ4n) is 3.58. The molecule has 0 atom stereocenters. The fraction of sp³-hybridized carbons (Fsp3) is 0.350. The maximum Gasteiger partial charge on any atom is 0.252 e. The normalized spacial score (nSPS) is 16.0. The van der Waals surface area contributed by atoms with Crippen molar-refractivity contribution in [2.75, 3.05) is 7.05 Å². The molecule has 0 radical (unpaired) electrons. The van der Waals surface area contributed by atoms with E-state index < -0.39 is 10.0 Å². The number of imidazole rings is 1. The van der Waals surface area contributed by atoms with E-state index in [0.717, 1.165) is 40.5 Å². The standard InChI is InChI=1S/C20H23N5O2S/c1-24(28(26,27)19-7-3-2-4-8-19)23-14-18-13-22-20-10-9-17(15-25(18)20)16-6-5-11-21-12-16/h5-6,9-15,19H,2-4,7-8H2,1H3. The van der Waals surface area contributed by atoms with Crippen molar-refractivity contribution in [3.05, 3.63) is 54.7 Å². The Hall–Kier alpha value is -2.74. The van der Waals surface area contributed by atoms with Gasteiger partial charge in [-0.15, -0.1) is 0 Å². The average Bonchev–Trinajstić information content (AvgIpc) is 3.15. The number of rotatable bonds is 5. The maximum absolute atomic E-state index is 12.7. The van der Waals surface area contributed by atoms with E-state index in [1.54, 1.807) is 24.8 Å². The van der Waals surface area contributed by atoms with Gasteiger partial charge in [-0.3, -0.25) is 9.38 Å². The first-order chi connectivity index (χ1) is 13.6. The average molecular weight is 398 g/mol. The van der Waals surface area contributed by atoms with Crippen LogP contribution in [0.4, 0.5) is 0 Å². The number of fused-ring (bicyclic) bond motifs is 1. The zero-order valence-electron chi connectivity index (χ0n) is 15.8. The van der Waals surface area contributed by atoms with Crippen molar-refractivity contribution < 1.29 is 8.42 Å². The highest BCUT2D eigenvalue weighted by atomic mass is 32.2. The molecular formula is C20H23N5O2S. The summed E-state index contributed by atoms with van der Waals surface area (Å²) in [5, 5.41) is 3.88. The highest BCUT2D eigenvalue weighted by Gasteiger charge is 2.30. The predicted octanol–water partition coefficient (Wildman–Crippen LogP) is 3.32. The van der Waals surface area contributed by atoms with E-state index in [0.29, 0.717) is 18.5 Å². The van der Waals surface area contributed by atoms with Crippen LogP contribution in [0.3, 0.4) is 0 Å². The van der Waals surface area contributed by atoms with Gasteiger partial charge in [0, 0.05) is 36.8 Å². The second kappa shape index (κ2) is 7.71. The van der Waals surface area contributed by atoms with Crippen LogP contribution in [0, 0.1) is 0 Å². The topological polar surface area (TPSA) is 79.9 Å². The number of sulfonamides is 1. The highest BCUT2D eigenvalue weighted by Crippen LogP contribution is 2.25. The van der Waals surface area contributed by atoms with Crippen molar-refractivity contribution in [3.63, 3.8) is 0 Å². The third-order valence-electron chi connectivity index (χ3n) is 5.22. The van der Waals surface area contributed by atoms with E-state index in [1.807, 2.05) is 34.9 Å². The number of hydrogen-bond donors (Lipinski definition) is 0. The van der Waals surface area contributed by atoms with Gasteiger partial charge in [-0.05, 0) is 31.0 Å². The summed E-state index contributed by atoms with van der Waals surface area (Å²) in [6.07, 6.45) is 13.2. The predicted molar refractivity (Wildman–Crippen MR) is 110 cm³/mol. The zero-order chi connectivity index (χ0) is 19.6. The molecule has 3 aromatic rings. The summed E-state index contributed by atoms with van der Waals surface area (Å²) in [7, 11) is -1.92. The van der Waals surface area contributed by atoms with Gasteiger partial charge in [0.25, 0.3) is 10.0 Å². The first kappa shape index (κ1) is 18.6. The van der Waals surface area contributed by atoms with E-state index in [2.05, 4.69) is 15.1 Å². The first-order valence-electron chi connectivity index (χ1n) is 9.45. The van der Waals surface area contributed by atoms with Crippen LogP contribution < -0.4 is 0 Å². The van der Waals surface area contributed by atoms with Crippen molar-refractivity contribution in [2.24, 2.45) is 5.10 Å². The van der Waals surface area contributed by atoms with Crippen LogP contribution in [-0.4, -0.2) is 45.7 Å². The van der Waals surface area contributed by atoms with Crippen molar-refractivity contribution >= 4 is 21.9 Å². The molecule has 0 N–H and O–H groups in total. The van der Waals surface area contributed by atoms with Crippen molar-refractivity contribution in [1.82, 2.24) is 18.8 Å². The Kier molecular flexibility index (Phi) is 5.13. The van der Waals surface area contributed by atoms with E-state index in [9.17, 15) is 8.42 Å². The second-order valence-electron chi connectivity index (χ2n) is 7.05. The van der Waals surface area contributed by atoms with Gasteiger partial charge in [0.2, 0.25) is 0 Å². The van der Waals surface area contributed by atoms with Crippen molar-refractivity contribution in [2.45, 2.75) is 37.4 Å². The van der Waals surface area contributed by atoms with Crippen LogP contribution >= 0.6 is 0 Å². The first-order valence-corrected chi connectivity index (χ1v) is 11.0. The molecule has 0 unspecified atom stereocenters. The summed E-state index contributed by atoms with van der Waals surface area (Å²) in [5.74, 6) is 0. The van der Waals surface area contributed by atoms with Crippen LogP contribution in [0.15, 0.2) is 54.2 Å². The van der Waals surface area contributed by atoms with Crippen LogP contribution in [-0.2, 0) is 10.0 Å². The molecule has 1 aliphatic carbocycles. The molecule has 146 valence electrons. The molecule has 3 heterocycles. The Balaban J connectivity index is 1.60. The largest absolute Gasteiger partial charge is 0.298 e. The van der Waals surface area contributed by atoms with E-state index in [1.165, 1.54) is 7.05 Å². The lowest BCUT2D eigenvalue weighted by atomic mass is 10.0. The minimum atomic E-state index is -3.42. The SMILES string of the molecule is CN(N=Cc1cnc2ccc(-c3cccnc3)cn12)S(=O)(=O)C1CCCCC1. The molecule has 28 heavy (non-hydrogen) atoms. The quantitative estimate of drug-likeness (QED) is 0.489. The monoisotopic (exact) mass is 397 g/mol. The van der Waals surface area contributed by atoms with Crippen molar-refractivity contribution in [3.8, 4) is 11.1 Å². The highest BCUT2D eigenvalue weighted by molar-refractivity contribution is 7.89. The molecule has 1 fully saturated rings. The van der Waals surface area contributed by atoms with Gasteiger partial charge in [-0.2, -0.15) is 9.52 Å². The van der Waals surface area contributed by atoms with Gasteiger partial charge in [0.1, 0.15) is 5.65 Å². The molecule has 0 bridgehead atoms. The van der Waals surface area contributed by atoms with Crippen molar-refractivity contribution in [1.29, 1.82) is 0 Å². The maximum atomic E-state index is 12.7. The third kappa shape index (κ3) is 3.64. The number of hydrazone groups is 1. The van der Waals surface area contributed by atoms with Crippen LogP contribution in [0.1, 0.15) is 37.8 Å². The van der Waals surface area contributed by atoms with Gasteiger partial charge >= 0.3 is 0 Å². The summed E-state index contributed by atoms with van der Waals surface area (Å²) in [5.41, 5.74) is 3.48. The Morgan fingerprint density at radius 3 is 2.71 bits per heavy atom. The molecule has 0 saturated heterocycles. The van der Waals surface area contributed by atoms with Gasteiger partial charge in [0.15, 0.2) is 0 Å². The van der Waals surface area contributed by atoms with E-state index in [4.69, 9.17) is 0 Å². The Morgan fingerprint density at radius 1 is 1.14 bits per heavy atom. The van der Waals surface area contributed by atoms with Crippen LogP contribution in [0.2, 0.25) is 0 Å². The summed E-state index contributed by atoms with van der Waals surface area (Å²) in [6.45, 7) is 0. The Labute approximate surface area is 164 Å². The van der Waals surface area contributed by atoms with Crippen LogP contribution in [0.5, 0.6) is 0 Å². The lowest BCUT2D eigenvalue weighted by Gasteiger charge is -2.25. The molecule has 1 aliphatic rings. The lowest BCUT2D eigenvalue weighted by Crippen LogP contribution is -2.34. The van der Waals surface area contributed by atoms with Gasteiger partial charge in [-0.25, -0.2) is 13.4 Å². The molecule has 0 aromatic carbocycles.